The molecule has 0 aliphatic carbocycles. The van der Waals surface area contributed by atoms with Crippen molar-refractivity contribution < 1.29 is 9.53 Å². The SMILES string of the molecule is Cc1nn(C)c(C)c1CCNC(=O)[C@@H]1CCCO[C@@H]1C(C)C. The fourth-order valence-electron chi connectivity index (χ4n) is 3.36. The van der Waals surface area contributed by atoms with Gasteiger partial charge in [-0.1, -0.05) is 13.8 Å². The summed E-state index contributed by atoms with van der Waals surface area (Å²) in [6.07, 6.45) is 2.79. The normalized spacial score (nSPS) is 22.1. The van der Waals surface area contributed by atoms with E-state index in [4.69, 9.17) is 4.74 Å². The Morgan fingerprint density at radius 3 is 2.77 bits per heavy atom. The monoisotopic (exact) mass is 307 g/mol. The minimum Gasteiger partial charge on any atom is -0.377 e. The van der Waals surface area contributed by atoms with E-state index in [0.717, 1.165) is 31.6 Å². The van der Waals surface area contributed by atoms with E-state index in [9.17, 15) is 4.79 Å². The lowest BCUT2D eigenvalue weighted by molar-refractivity contribution is -0.137. The molecule has 0 bridgehead atoms. The number of rotatable bonds is 5. The molecule has 1 aromatic rings. The number of amides is 1. The molecule has 1 N–H and O–H groups in total. The predicted octanol–water partition coefficient (Wildman–Crippen LogP) is 2.15. The van der Waals surface area contributed by atoms with Crippen LogP contribution in [0.1, 0.15) is 43.6 Å². The molecular weight excluding hydrogens is 278 g/mol. The summed E-state index contributed by atoms with van der Waals surface area (Å²) in [6, 6.07) is 0. The van der Waals surface area contributed by atoms with E-state index in [1.165, 1.54) is 11.3 Å². The van der Waals surface area contributed by atoms with Crippen molar-refractivity contribution in [2.24, 2.45) is 18.9 Å². The molecule has 2 heterocycles. The lowest BCUT2D eigenvalue weighted by Gasteiger charge is -2.33. The lowest BCUT2D eigenvalue weighted by atomic mass is 9.87. The molecule has 1 fully saturated rings. The van der Waals surface area contributed by atoms with Gasteiger partial charge in [-0.05, 0) is 44.6 Å². The van der Waals surface area contributed by atoms with Crippen LogP contribution in [-0.2, 0) is 23.0 Å². The van der Waals surface area contributed by atoms with Gasteiger partial charge in [-0.3, -0.25) is 9.48 Å². The van der Waals surface area contributed by atoms with E-state index in [-0.39, 0.29) is 17.9 Å². The van der Waals surface area contributed by atoms with Crippen LogP contribution in [0, 0.1) is 25.7 Å². The van der Waals surface area contributed by atoms with Crippen LogP contribution >= 0.6 is 0 Å². The molecule has 2 rings (SSSR count). The zero-order chi connectivity index (χ0) is 16.3. The number of hydrogen-bond donors (Lipinski definition) is 1. The maximum atomic E-state index is 12.5. The van der Waals surface area contributed by atoms with E-state index in [2.05, 4.69) is 31.2 Å². The number of carbonyl (C=O) groups excluding carboxylic acids is 1. The predicted molar refractivity (Wildman–Crippen MR) is 86.7 cm³/mol. The minimum atomic E-state index is -0.00941. The molecule has 1 aromatic heterocycles. The Kier molecular flexibility index (Phi) is 5.62. The number of aromatic nitrogens is 2. The van der Waals surface area contributed by atoms with Crippen LogP contribution in [0.3, 0.4) is 0 Å². The molecule has 0 aromatic carbocycles. The smallest absolute Gasteiger partial charge is 0.225 e. The van der Waals surface area contributed by atoms with Crippen molar-refractivity contribution in [2.75, 3.05) is 13.2 Å². The van der Waals surface area contributed by atoms with E-state index < -0.39 is 0 Å². The number of nitrogens with one attached hydrogen (secondary N) is 1. The average Bonchev–Trinajstić information content (AvgIpc) is 2.73. The van der Waals surface area contributed by atoms with Gasteiger partial charge in [0.1, 0.15) is 0 Å². The summed E-state index contributed by atoms with van der Waals surface area (Å²) in [5.74, 6) is 0.501. The summed E-state index contributed by atoms with van der Waals surface area (Å²) < 4.78 is 7.70. The van der Waals surface area contributed by atoms with Crippen molar-refractivity contribution in [1.82, 2.24) is 15.1 Å². The molecule has 0 saturated carbocycles. The van der Waals surface area contributed by atoms with Crippen LogP contribution in [0.4, 0.5) is 0 Å². The second-order valence-corrected chi connectivity index (χ2v) is 6.64. The standard InChI is InChI=1S/C17H29N3O2/c1-11(2)16-15(7-6-10-22-16)17(21)18-9-8-14-12(3)19-20(5)13(14)4/h11,15-16H,6-10H2,1-5H3,(H,18,21)/t15-,16-/m1/s1. The van der Waals surface area contributed by atoms with Gasteiger partial charge in [0.2, 0.25) is 5.91 Å². The van der Waals surface area contributed by atoms with E-state index in [0.29, 0.717) is 12.5 Å². The first kappa shape index (κ1) is 17.0. The third-order valence-corrected chi connectivity index (χ3v) is 4.69. The van der Waals surface area contributed by atoms with Crippen molar-refractivity contribution in [3.05, 3.63) is 17.0 Å². The first-order chi connectivity index (χ1) is 10.4. The van der Waals surface area contributed by atoms with E-state index in [1.807, 2.05) is 18.7 Å². The Morgan fingerprint density at radius 1 is 1.45 bits per heavy atom. The summed E-state index contributed by atoms with van der Waals surface area (Å²) in [4.78, 5) is 12.5. The molecule has 22 heavy (non-hydrogen) atoms. The van der Waals surface area contributed by atoms with Crippen molar-refractivity contribution in [3.63, 3.8) is 0 Å². The molecule has 0 radical (unpaired) electrons. The first-order valence-corrected chi connectivity index (χ1v) is 8.30. The maximum Gasteiger partial charge on any atom is 0.225 e. The van der Waals surface area contributed by atoms with Crippen LogP contribution in [-0.4, -0.2) is 34.9 Å². The van der Waals surface area contributed by atoms with Gasteiger partial charge in [-0.2, -0.15) is 5.10 Å². The molecule has 124 valence electrons. The van der Waals surface area contributed by atoms with Gasteiger partial charge in [0.05, 0.1) is 17.7 Å². The number of ether oxygens (including phenoxy) is 1. The molecule has 1 aliphatic heterocycles. The Labute approximate surface area is 133 Å². The van der Waals surface area contributed by atoms with Gasteiger partial charge in [0, 0.05) is 25.9 Å². The summed E-state index contributed by atoms with van der Waals surface area (Å²) in [7, 11) is 1.96. The number of carbonyl (C=O) groups is 1. The van der Waals surface area contributed by atoms with Gasteiger partial charge in [-0.15, -0.1) is 0 Å². The zero-order valence-corrected chi connectivity index (χ0v) is 14.5. The Hall–Kier alpha value is -1.36. The number of nitrogens with zero attached hydrogens (tertiary/aromatic N) is 2. The summed E-state index contributed by atoms with van der Waals surface area (Å²) in [6.45, 7) is 9.78. The average molecular weight is 307 g/mol. The van der Waals surface area contributed by atoms with Crippen LogP contribution in [0.15, 0.2) is 0 Å². The van der Waals surface area contributed by atoms with Crippen LogP contribution in [0.5, 0.6) is 0 Å². The Morgan fingerprint density at radius 2 is 2.18 bits per heavy atom. The second kappa shape index (κ2) is 7.27. The van der Waals surface area contributed by atoms with Gasteiger partial charge in [-0.25, -0.2) is 0 Å². The molecule has 5 nitrogen and oxygen atoms in total. The van der Waals surface area contributed by atoms with Gasteiger partial charge < -0.3 is 10.1 Å². The third kappa shape index (κ3) is 3.69. The molecule has 1 saturated heterocycles. The van der Waals surface area contributed by atoms with Crippen molar-refractivity contribution in [3.8, 4) is 0 Å². The molecule has 1 aliphatic rings. The third-order valence-electron chi connectivity index (χ3n) is 4.69. The highest BCUT2D eigenvalue weighted by Gasteiger charge is 2.33. The fraction of sp³-hybridized carbons (Fsp3) is 0.765. The van der Waals surface area contributed by atoms with Gasteiger partial charge in [0.25, 0.3) is 0 Å². The Balaban J connectivity index is 1.89. The Bertz CT molecular complexity index is 522. The summed E-state index contributed by atoms with van der Waals surface area (Å²) >= 11 is 0. The van der Waals surface area contributed by atoms with E-state index >= 15 is 0 Å². The van der Waals surface area contributed by atoms with Gasteiger partial charge in [0.15, 0.2) is 0 Å². The van der Waals surface area contributed by atoms with Crippen molar-refractivity contribution >= 4 is 5.91 Å². The highest BCUT2D eigenvalue weighted by molar-refractivity contribution is 5.79. The van der Waals surface area contributed by atoms with Crippen LogP contribution < -0.4 is 5.32 Å². The topological polar surface area (TPSA) is 56.2 Å². The number of aryl methyl sites for hydroxylation is 2. The molecule has 0 unspecified atom stereocenters. The van der Waals surface area contributed by atoms with E-state index in [1.54, 1.807) is 0 Å². The maximum absolute atomic E-state index is 12.5. The summed E-state index contributed by atoms with van der Waals surface area (Å²) in [5.41, 5.74) is 3.46. The van der Waals surface area contributed by atoms with Crippen LogP contribution in [0.25, 0.3) is 0 Å². The van der Waals surface area contributed by atoms with Crippen molar-refractivity contribution in [1.29, 1.82) is 0 Å². The summed E-state index contributed by atoms with van der Waals surface area (Å²) in [5, 5.41) is 7.51. The largest absolute Gasteiger partial charge is 0.377 e. The number of hydrogen-bond acceptors (Lipinski definition) is 3. The fourth-order valence-corrected chi connectivity index (χ4v) is 3.36. The molecule has 5 heteroatoms. The highest BCUT2D eigenvalue weighted by Crippen LogP contribution is 2.26. The van der Waals surface area contributed by atoms with Crippen LogP contribution in [0.2, 0.25) is 0 Å². The molecule has 0 spiro atoms. The molecular formula is C17H29N3O2. The lowest BCUT2D eigenvalue weighted by Crippen LogP contribution is -2.44. The second-order valence-electron chi connectivity index (χ2n) is 6.64. The van der Waals surface area contributed by atoms with Gasteiger partial charge >= 0.3 is 0 Å². The zero-order valence-electron chi connectivity index (χ0n) is 14.5. The molecule has 2 atom stereocenters. The minimum absolute atomic E-state index is 0.00941. The molecule has 1 amide bonds. The first-order valence-electron chi connectivity index (χ1n) is 8.30. The highest BCUT2D eigenvalue weighted by atomic mass is 16.5. The quantitative estimate of drug-likeness (QED) is 0.907. The van der Waals surface area contributed by atoms with Crippen molar-refractivity contribution in [2.45, 2.75) is 53.1 Å².